The first-order chi connectivity index (χ1) is 16.0. The summed E-state index contributed by atoms with van der Waals surface area (Å²) in [7, 11) is 0. The van der Waals surface area contributed by atoms with E-state index in [9.17, 15) is 9.59 Å². The summed E-state index contributed by atoms with van der Waals surface area (Å²) in [5.41, 5.74) is 4.04. The number of nitrogens with zero attached hydrogens (tertiary/aromatic N) is 2. The third kappa shape index (κ3) is 4.74. The predicted octanol–water partition coefficient (Wildman–Crippen LogP) is 7.18. The number of hydrogen-bond acceptors (Lipinski definition) is 3. The number of aromatic nitrogens is 1. The molecule has 0 radical (unpaired) electrons. The van der Waals surface area contributed by atoms with Crippen LogP contribution in [0.25, 0.3) is 17.0 Å². The average Bonchev–Trinajstić information content (AvgIpc) is 3.29. The van der Waals surface area contributed by atoms with Crippen molar-refractivity contribution in [1.82, 2.24) is 9.47 Å². The van der Waals surface area contributed by atoms with E-state index in [2.05, 4.69) is 33.2 Å². The minimum atomic E-state index is -0.252. The van der Waals surface area contributed by atoms with Crippen LogP contribution in [0.3, 0.4) is 0 Å². The molecule has 7 heteroatoms. The first-order valence-corrected chi connectivity index (χ1v) is 12.6. The number of carbonyl (C=O) groups is 2. The lowest BCUT2D eigenvalue weighted by atomic mass is 10.1. The van der Waals surface area contributed by atoms with Crippen LogP contribution in [0.1, 0.15) is 16.7 Å². The van der Waals surface area contributed by atoms with E-state index in [1.165, 1.54) is 4.90 Å². The molecule has 4 nitrogen and oxygen atoms in total. The summed E-state index contributed by atoms with van der Waals surface area (Å²) in [6.07, 6.45) is 3.87. The van der Waals surface area contributed by atoms with Crippen molar-refractivity contribution in [3.05, 3.63) is 109 Å². The van der Waals surface area contributed by atoms with Crippen molar-refractivity contribution >= 4 is 74.1 Å². The van der Waals surface area contributed by atoms with Crippen LogP contribution in [0.2, 0.25) is 5.02 Å². The number of halogens is 2. The van der Waals surface area contributed by atoms with E-state index in [1.807, 2.05) is 79.0 Å². The summed E-state index contributed by atoms with van der Waals surface area (Å²) in [6, 6.07) is 23.7. The van der Waals surface area contributed by atoms with Crippen LogP contribution < -0.4 is 0 Å². The van der Waals surface area contributed by atoms with Crippen LogP contribution in [0.4, 0.5) is 4.79 Å². The zero-order chi connectivity index (χ0) is 22.9. The van der Waals surface area contributed by atoms with E-state index in [4.69, 9.17) is 11.6 Å². The normalized spacial score (nSPS) is 15.2. The summed E-state index contributed by atoms with van der Waals surface area (Å²) in [5.74, 6) is -0.252. The summed E-state index contributed by atoms with van der Waals surface area (Å²) >= 11 is 9.25. The molecule has 1 saturated heterocycles. The monoisotopic (exact) mass is 584 g/mol. The molecule has 33 heavy (non-hydrogen) atoms. The standard InChI is InChI=1S/C26H18ClIN2O2S/c27-20-9-5-17(6-10-20)14-29-16-19(22-3-1-2-4-23(22)29)13-24-25(31)30(26(32)33-24)15-18-7-11-21(28)12-8-18/h1-13,16H,14-15H2/b24-13-. The van der Waals surface area contributed by atoms with Gasteiger partial charge >= 0.3 is 0 Å². The van der Waals surface area contributed by atoms with Crippen LogP contribution in [0.15, 0.2) is 83.9 Å². The molecule has 3 aromatic carbocycles. The molecule has 0 saturated carbocycles. The molecule has 1 aliphatic heterocycles. The molecule has 2 amide bonds. The third-order valence-corrected chi connectivity index (χ3v) is 7.38. The largest absolute Gasteiger partial charge is 0.342 e. The van der Waals surface area contributed by atoms with Crippen molar-refractivity contribution in [2.75, 3.05) is 0 Å². The third-order valence-electron chi connectivity index (χ3n) is 5.50. The van der Waals surface area contributed by atoms with E-state index in [0.717, 1.165) is 42.9 Å². The lowest BCUT2D eigenvalue weighted by molar-refractivity contribution is -0.123. The SMILES string of the molecule is O=C1S/C(=C\c2cn(Cc3ccc(Cl)cc3)c3ccccc23)C(=O)N1Cc1ccc(I)cc1. The Hall–Kier alpha value is -2.55. The molecule has 0 spiro atoms. The van der Waals surface area contributed by atoms with Gasteiger partial charge in [0.2, 0.25) is 0 Å². The van der Waals surface area contributed by atoms with E-state index in [0.29, 0.717) is 16.5 Å². The van der Waals surface area contributed by atoms with Gasteiger partial charge in [0.1, 0.15) is 0 Å². The van der Waals surface area contributed by atoms with E-state index < -0.39 is 0 Å². The number of carbonyl (C=O) groups excluding carboxylic acids is 2. The highest BCUT2D eigenvalue weighted by Gasteiger charge is 2.35. The zero-order valence-corrected chi connectivity index (χ0v) is 21.1. The second-order valence-corrected chi connectivity index (χ2v) is 10.4. The van der Waals surface area contributed by atoms with Gasteiger partial charge in [-0.1, -0.05) is 54.1 Å². The van der Waals surface area contributed by atoms with Gasteiger partial charge in [0, 0.05) is 37.8 Å². The van der Waals surface area contributed by atoms with Gasteiger partial charge in [-0.15, -0.1) is 0 Å². The van der Waals surface area contributed by atoms with Crippen LogP contribution >= 0.6 is 46.0 Å². The highest BCUT2D eigenvalue weighted by atomic mass is 127. The van der Waals surface area contributed by atoms with Gasteiger partial charge in [-0.3, -0.25) is 14.5 Å². The molecule has 0 N–H and O–H groups in total. The summed E-state index contributed by atoms with van der Waals surface area (Å²) in [5, 5.41) is 1.50. The first-order valence-electron chi connectivity index (χ1n) is 10.3. The fourth-order valence-corrected chi connectivity index (χ4v) is 5.17. The molecule has 1 fully saturated rings. The van der Waals surface area contributed by atoms with Crippen LogP contribution in [0, 0.1) is 3.57 Å². The topological polar surface area (TPSA) is 42.3 Å². The smallest absolute Gasteiger partial charge is 0.293 e. The Morgan fingerprint density at radius 3 is 2.30 bits per heavy atom. The lowest BCUT2D eigenvalue weighted by Gasteiger charge is -2.12. The van der Waals surface area contributed by atoms with Crippen LogP contribution in [0.5, 0.6) is 0 Å². The predicted molar refractivity (Wildman–Crippen MR) is 143 cm³/mol. The van der Waals surface area contributed by atoms with Crippen molar-refractivity contribution in [3.63, 3.8) is 0 Å². The summed E-state index contributed by atoms with van der Waals surface area (Å²) < 4.78 is 3.26. The van der Waals surface area contributed by atoms with Crippen LogP contribution in [-0.4, -0.2) is 20.6 Å². The fraction of sp³-hybridized carbons (Fsp3) is 0.0769. The Labute approximate surface area is 214 Å². The van der Waals surface area contributed by atoms with E-state index in [1.54, 1.807) is 0 Å². The Kier molecular flexibility index (Phi) is 6.32. The number of fused-ring (bicyclic) bond motifs is 1. The number of amides is 2. The average molecular weight is 585 g/mol. The summed E-state index contributed by atoms with van der Waals surface area (Å²) in [6.45, 7) is 0.955. The maximum absolute atomic E-state index is 13.1. The molecule has 5 rings (SSSR count). The summed E-state index contributed by atoms with van der Waals surface area (Å²) in [4.78, 5) is 27.4. The maximum atomic E-state index is 13.1. The lowest BCUT2D eigenvalue weighted by Crippen LogP contribution is -2.27. The molecule has 2 heterocycles. The number of thioether (sulfide) groups is 1. The zero-order valence-electron chi connectivity index (χ0n) is 17.4. The molecule has 1 aromatic heterocycles. The molecule has 4 aromatic rings. The quantitative estimate of drug-likeness (QED) is 0.184. The number of rotatable bonds is 5. The van der Waals surface area contributed by atoms with E-state index in [-0.39, 0.29) is 17.7 Å². The number of hydrogen-bond donors (Lipinski definition) is 0. The Morgan fingerprint density at radius 1 is 0.879 bits per heavy atom. The molecule has 164 valence electrons. The van der Waals surface area contributed by atoms with Gasteiger partial charge in [-0.05, 0) is 81.9 Å². The minimum absolute atomic E-state index is 0.241. The fourth-order valence-electron chi connectivity index (χ4n) is 3.86. The van der Waals surface area contributed by atoms with Gasteiger partial charge < -0.3 is 4.57 Å². The molecular formula is C26H18ClIN2O2S. The Balaban J connectivity index is 1.45. The minimum Gasteiger partial charge on any atom is -0.342 e. The van der Waals surface area contributed by atoms with Crippen molar-refractivity contribution in [2.24, 2.45) is 0 Å². The highest BCUT2D eigenvalue weighted by molar-refractivity contribution is 14.1. The molecule has 0 atom stereocenters. The van der Waals surface area contributed by atoms with Gasteiger partial charge in [-0.2, -0.15) is 0 Å². The van der Waals surface area contributed by atoms with Crippen molar-refractivity contribution in [1.29, 1.82) is 0 Å². The number of para-hydroxylation sites is 1. The molecule has 1 aliphatic rings. The molecular weight excluding hydrogens is 567 g/mol. The number of benzene rings is 3. The van der Waals surface area contributed by atoms with Gasteiger partial charge in [0.25, 0.3) is 11.1 Å². The second-order valence-electron chi connectivity index (χ2n) is 7.75. The molecule has 0 bridgehead atoms. The maximum Gasteiger partial charge on any atom is 0.293 e. The Bertz CT molecular complexity index is 1390. The van der Waals surface area contributed by atoms with Gasteiger partial charge in [-0.25, -0.2) is 0 Å². The van der Waals surface area contributed by atoms with Gasteiger partial charge in [0.15, 0.2) is 0 Å². The van der Waals surface area contributed by atoms with Crippen LogP contribution in [-0.2, 0) is 17.9 Å². The van der Waals surface area contributed by atoms with Crippen molar-refractivity contribution < 1.29 is 9.59 Å². The molecule has 0 aliphatic carbocycles. The van der Waals surface area contributed by atoms with Crippen molar-refractivity contribution in [3.8, 4) is 0 Å². The van der Waals surface area contributed by atoms with Gasteiger partial charge in [0.05, 0.1) is 11.4 Å². The number of imide groups is 1. The second kappa shape index (κ2) is 9.37. The van der Waals surface area contributed by atoms with E-state index >= 15 is 0 Å². The molecule has 0 unspecified atom stereocenters. The highest BCUT2D eigenvalue weighted by Crippen LogP contribution is 2.35. The Morgan fingerprint density at radius 2 is 1.55 bits per heavy atom. The first kappa shape index (κ1) is 22.3. The van der Waals surface area contributed by atoms with Crippen molar-refractivity contribution in [2.45, 2.75) is 13.1 Å².